The summed E-state index contributed by atoms with van der Waals surface area (Å²) in [6, 6.07) is 23.7. The number of nitrogens with one attached hydrogen (secondary N) is 2. The summed E-state index contributed by atoms with van der Waals surface area (Å²) in [6.45, 7) is 1.93. The predicted molar refractivity (Wildman–Crippen MR) is 139 cm³/mol. The molecule has 1 saturated heterocycles. The number of aromatic nitrogens is 3. The van der Waals surface area contributed by atoms with Crippen LogP contribution in [0, 0.1) is 5.82 Å². The average molecular weight is 484 g/mol. The van der Waals surface area contributed by atoms with E-state index in [1.807, 2.05) is 54.6 Å². The Morgan fingerprint density at radius 3 is 2.42 bits per heavy atom. The Balaban J connectivity index is 1.32. The number of para-hydroxylation sites is 2. The van der Waals surface area contributed by atoms with Gasteiger partial charge >= 0.3 is 0 Å². The van der Waals surface area contributed by atoms with Crippen LogP contribution in [-0.2, 0) is 6.61 Å². The van der Waals surface area contributed by atoms with Crippen molar-refractivity contribution in [2.45, 2.75) is 19.4 Å². The zero-order valence-electron chi connectivity index (χ0n) is 19.6. The molecule has 0 spiro atoms. The van der Waals surface area contributed by atoms with E-state index >= 15 is 0 Å². The number of nitrogens with zero attached hydrogens (tertiary/aromatic N) is 5. The Morgan fingerprint density at radius 1 is 0.861 bits per heavy atom. The topological polar surface area (TPSA) is 87.6 Å². The Hall–Kier alpha value is -4.53. The second kappa shape index (κ2) is 11.3. The highest BCUT2D eigenvalue weighted by Gasteiger charge is 2.17. The number of halogens is 1. The molecule has 1 aliphatic rings. The molecular weight excluding hydrogens is 457 g/mol. The molecule has 0 aliphatic carbocycles. The Morgan fingerprint density at radius 2 is 1.58 bits per heavy atom. The third kappa shape index (κ3) is 5.93. The van der Waals surface area contributed by atoms with Crippen LogP contribution >= 0.6 is 0 Å². The maximum absolute atomic E-state index is 14.0. The van der Waals surface area contributed by atoms with Gasteiger partial charge in [0, 0.05) is 29.9 Å². The third-order valence-electron chi connectivity index (χ3n) is 5.67. The molecule has 5 rings (SSSR count). The van der Waals surface area contributed by atoms with E-state index < -0.39 is 0 Å². The maximum atomic E-state index is 14.0. The fourth-order valence-corrected chi connectivity index (χ4v) is 3.83. The van der Waals surface area contributed by atoms with Gasteiger partial charge in [0.05, 0.1) is 6.21 Å². The number of hydrogen-bond donors (Lipinski definition) is 2. The molecule has 0 unspecified atom stereocenters. The van der Waals surface area contributed by atoms with Crippen molar-refractivity contribution in [1.29, 1.82) is 0 Å². The highest BCUT2D eigenvalue weighted by atomic mass is 19.1. The number of rotatable bonds is 9. The van der Waals surface area contributed by atoms with Gasteiger partial charge in [-0.2, -0.15) is 20.1 Å². The third-order valence-corrected chi connectivity index (χ3v) is 5.67. The zero-order chi connectivity index (χ0) is 24.6. The standard InChI is InChI=1S/C27H26FN7O/c28-23-14-6-4-11-21(23)19-36-24-15-7-5-10-20(24)18-29-34-26-31-25(30-22-12-2-1-3-13-22)32-27(33-26)35-16-8-9-17-35/h1-7,10-15,18H,8-9,16-17,19H2,(H2,30,31,32,33,34)/b29-18-. The minimum atomic E-state index is -0.297. The molecule has 3 aromatic carbocycles. The smallest absolute Gasteiger partial charge is 0.250 e. The summed E-state index contributed by atoms with van der Waals surface area (Å²) >= 11 is 0. The van der Waals surface area contributed by atoms with Gasteiger partial charge in [0.2, 0.25) is 17.8 Å². The second-order valence-electron chi connectivity index (χ2n) is 8.26. The quantitative estimate of drug-likeness (QED) is 0.244. The average Bonchev–Trinajstić information content (AvgIpc) is 3.45. The van der Waals surface area contributed by atoms with Crippen LogP contribution in [-0.4, -0.2) is 34.3 Å². The molecule has 2 N–H and O–H groups in total. The van der Waals surface area contributed by atoms with Crippen molar-refractivity contribution in [3.63, 3.8) is 0 Å². The van der Waals surface area contributed by atoms with E-state index in [2.05, 4.69) is 35.7 Å². The molecule has 182 valence electrons. The summed E-state index contributed by atoms with van der Waals surface area (Å²) in [7, 11) is 0. The molecule has 36 heavy (non-hydrogen) atoms. The van der Waals surface area contributed by atoms with E-state index in [-0.39, 0.29) is 12.4 Å². The molecule has 1 aliphatic heterocycles. The molecule has 0 atom stereocenters. The van der Waals surface area contributed by atoms with Crippen molar-refractivity contribution >= 4 is 29.7 Å². The predicted octanol–water partition coefficient (Wildman–Crippen LogP) is 5.38. The molecule has 9 heteroatoms. The van der Waals surface area contributed by atoms with Gasteiger partial charge in [-0.25, -0.2) is 9.82 Å². The van der Waals surface area contributed by atoms with Crippen LogP contribution in [0.1, 0.15) is 24.0 Å². The summed E-state index contributed by atoms with van der Waals surface area (Å²) in [4.78, 5) is 15.8. The molecule has 8 nitrogen and oxygen atoms in total. The van der Waals surface area contributed by atoms with Crippen LogP contribution in [0.15, 0.2) is 84.0 Å². The van der Waals surface area contributed by atoms with Crippen molar-refractivity contribution < 1.29 is 9.13 Å². The van der Waals surface area contributed by atoms with Gasteiger partial charge in [-0.05, 0) is 43.2 Å². The molecule has 2 heterocycles. The normalized spacial score (nSPS) is 13.2. The van der Waals surface area contributed by atoms with Crippen molar-refractivity contribution in [3.8, 4) is 5.75 Å². The molecule has 0 saturated carbocycles. The molecule has 4 aromatic rings. The van der Waals surface area contributed by atoms with Gasteiger partial charge in [0.25, 0.3) is 0 Å². The number of anilines is 4. The molecule has 0 bridgehead atoms. The minimum absolute atomic E-state index is 0.117. The first-order valence-electron chi connectivity index (χ1n) is 11.8. The molecule has 0 amide bonds. The lowest BCUT2D eigenvalue weighted by molar-refractivity contribution is 0.299. The lowest BCUT2D eigenvalue weighted by atomic mass is 10.2. The fourth-order valence-electron chi connectivity index (χ4n) is 3.83. The number of ether oxygens (including phenoxy) is 1. The van der Waals surface area contributed by atoms with E-state index in [1.54, 1.807) is 24.4 Å². The lowest BCUT2D eigenvalue weighted by Crippen LogP contribution is -2.21. The number of benzene rings is 3. The Kier molecular flexibility index (Phi) is 7.27. The van der Waals surface area contributed by atoms with E-state index in [1.165, 1.54) is 6.07 Å². The van der Waals surface area contributed by atoms with E-state index in [0.717, 1.165) is 37.2 Å². The second-order valence-corrected chi connectivity index (χ2v) is 8.26. The van der Waals surface area contributed by atoms with Crippen molar-refractivity contribution in [2.75, 3.05) is 28.7 Å². The highest BCUT2D eigenvalue weighted by Crippen LogP contribution is 2.22. The summed E-state index contributed by atoms with van der Waals surface area (Å²) in [5, 5.41) is 7.56. The van der Waals surface area contributed by atoms with Crippen LogP contribution in [0.4, 0.5) is 27.9 Å². The monoisotopic (exact) mass is 483 g/mol. The van der Waals surface area contributed by atoms with Gasteiger partial charge in [-0.3, -0.25) is 0 Å². The van der Waals surface area contributed by atoms with E-state index in [0.29, 0.717) is 29.2 Å². The minimum Gasteiger partial charge on any atom is -0.488 e. The SMILES string of the molecule is Fc1ccccc1COc1ccccc1/C=N\Nc1nc(Nc2ccccc2)nc(N2CCCC2)n1. The van der Waals surface area contributed by atoms with Crippen molar-refractivity contribution in [3.05, 3.63) is 95.8 Å². The number of hydrogen-bond acceptors (Lipinski definition) is 8. The first kappa shape index (κ1) is 23.2. The molecule has 1 aromatic heterocycles. The Bertz CT molecular complexity index is 1330. The van der Waals surface area contributed by atoms with E-state index in [4.69, 9.17) is 4.74 Å². The van der Waals surface area contributed by atoms with Gasteiger partial charge in [-0.1, -0.05) is 48.5 Å². The van der Waals surface area contributed by atoms with Crippen LogP contribution in [0.3, 0.4) is 0 Å². The summed E-state index contributed by atoms with van der Waals surface area (Å²) in [5.74, 6) is 1.66. The molecule has 0 radical (unpaired) electrons. The first-order chi connectivity index (χ1) is 17.7. The van der Waals surface area contributed by atoms with Gasteiger partial charge in [-0.15, -0.1) is 0 Å². The maximum Gasteiger partial charge on any atom is 0.250 e. The van der Waals surface area contributed by atoms with E-state index in [9.17, 15) is 4.39 Å². The first-order valence-corrected chi connectivity index (χ1v) is 11.8. The van der Waals surface area contributed by atoms with Crippen molar-refractivity contribution in [2.24, 2.45) is 5.10 Å². The van der Waals surface area contributed by atoms with Crippen molar-refractivity contribution in [1.82, 2.24) is 15.0 Å². The summed E-state index contributed by atoms with van der Waals surface area (Å²) < 4.78 is 19.8. The molecule has 1 fully saturated rings. The van der Waals surface area contributed by atoms with Gasteiger partial charge in [0.1, 0.15) is 18.2 Å². The van der Waals surface area contributed by atoms with Crippen LogP contribution in [0.5, 0.6) is 5.75 Å². The lowest BCUT2D eigenvalue weighted by Gasteiger charge is -2.16. The largest absolute Gasteiger partial charge is 0.488 e. The van der Waals surface area contributed by atoms with Crippen LogP contribution in [0.25, 0.3) is 0 Å². The summed E-state index contributed by atoms with van der Waals surface area (Å²) in [5.41, 5.74) is 5.02. The molecular formula is C27H26FN7O. The zero-order valence-corrected chi connectivity index (χ0v) is 19.6. The fraction of sp³-hybridized carbons (Fsp3) is 0.185. The highest BCUT2D eigenvalue weighted by molar-refractivity contribution is 5.83. The Labute approximate surface area is 208 Å². The number of hydrazone groups is 1. The van der Waals surface area contributed by atoms with Crippen LogP contribution < -0.4 is 20.4 Å². The van der Waals surface area contributed by atoms with Gasteiger partial charge in [0.15, 0.2) is 0 Å². The summed E-state index contributed by atoms with van der Waals surface area (Å²) in [6.07, 6.45) is 3.84. The van der Waals surface area contributed by atoms with Crippen LogP contribution in [0.2, 0.25) is 0 Å². The van der Waals surface area contributed by atoms with Gasteiger partial charge < -0.3 is 15.0 Å².